The summed E-state index contributed by atoms with van der Waals surface area (Å²) in [7, 11) is 0. The molecular weight excluding hydrogens is 475 g/mol. The lowest BCUT2D eigenvalue weighted by Gasteiger charge is -2.17. The fourth-order valence-electron chi connectivity index (χ4n) is 2.32. The third-order valence-electron chi connectivity index (χ3n) is 3.61. The second-order valence-electron chi connectivity index (χ2n) is 5.50. The maximum atomic E-state index is 12.1. The van der Waals surface area contributed by atoms with Crippen molar-refractivity contribution in [3.63, 3.8) is 0 Å². The number of amides is 2. The van der Waals surface area contributed by atoms with Gasteiger partial charge in [0.1, 0.15) is 17.9 Å². The largest absolute Gasteiger partial charge is 0.488 e. The minimum absolute atomic E-state index is 0.0229. The topological polar surface area (TPSA) is 67.4 Å². The van der Waals surface area contributed by atoms with Crippen LogP contribution in [0.4, 0.5) is 0 Å². The van der Waals surface area contributed by atoms with E-state index < -0.39 is 11.8 Å². The molecule has 0 spiro atoms. The summed E-state index contributed by atoms with van der Waals surface area (Å²) >= 11 is 20.2. The maximum Gasteiger partial charge on any atom is 0.263 e. The fraction of sp³-hybridized carbons (Fsp3) is 0.0556. The normalized spacial score (nSPS) is 13.9. The molecule has 27 heavy (non-hydrogen) atoms. The molecule has 9 heteroatoms. The van der Waals surface area contributed by atoms with Crippen molar-refractivity contribution in [1.29, 1.82) is 0 Å². The lowest BCUT2D eigenvalue weighted by molar-refractivity contribution is -0.123. The minimum atomic E-state index is -0.574. The molecule has 138 valence electrons. The van der Waals surface area contributed by atoms with Crippen LogP contribution in [0.25, 0.3) is 6.08 Å². The van der Waals surface area contributed by atoms with Gasteiger partial charge in [-0.3, -0.25) is 20.2 Å². The third kappa shape index (κ3) is 4.87. The molecule has 2 aromatic rings. The Hall–Kier alpha value is -1.93. The van der Waals surface area contributed by atoms with Crippen molar-refractivity contribution in [2.45, 2.75) is 6.61 Å². The first-order chi connectivity index (χ1) is 12.8. The summed E-state index contributed by atoms with van der Waals surface area (Å²) in [6.07, 6.45) is 1.44. The molecule has 0 bridgehead atoms. The Kier molecular flexibility index (Phi) is 6.16. The first-order valence-electron chi connectivity index (χ1n) is 7.58. The van der Waals surface area contributed by atoms with E-state index in [1.807, 2.05) is 0 Å². The van der Waals surface area contributed by atoms with Crippen molar-refractivity contribution in [2.24, 2.45) is 0 Å². The van der Waals surface area contributed by atoms with E-state index in [4.69, 9.17) is 40.2 Å². The Morgan fingerprint density at radius 2 is 1.78 bits per heavy atom. The summed E-state index contributed by atoms with van der Waals surface area (Å²) in [5.41, 5.74) is 1.22. The molecule has 0 aromatic heterocycles. The highest BCUT2D eigenvalue weighted by molar-refractivity contribution is 9.10. The monoisotopic (exact) mass is 484 g/mol. The Morgan fingerprint density at radius 1 is 1.07 bits per heavy atom. The van der Waals surface area contributed by atoms with Gasteiger partial charge >= 0.3 is 0 Å². The van der Waals surface area contributed by atoms with Crippen molar-refractivity contribution in [3.8, 4) is 5.75 Å². The van der Waals surface area contributed by atoms with Gasteiger partial charge in [0.2, 0.25) is 0 Å². The van der Waals surface area contributed by atoms with Gasteiger partial charge in [0.05, 0.1) is 0 Å². The van der Waals surface area contributed by atoms with Crippen molar-refractivity contribution in [3.05, 3.63) is 67.6 Å². The number of thiocarbonyl (C=S) groups is 1. The van der Waals surface area contributed by atoms with E-state index in [2.05, 4.69) is 26.6 Å². The minimum Gasteiger partial charge on any atom is -0.488 e. The van der Waals surface area contributed by atoms with Gasteiger partial charge in [-0.1, -0.05) is 45.2 Å². The Bertz CT molecular complexity index is 973. The molecule has 1 aliphatic rings. The van der Waals surface area contributed by atoms with Gasteiger partial charge in [0, 0.05) is 25.6 Å². The van der Waals surface area contributed by atoms with Crippen LogP contribution in [0.2, 0.25) is 10.0 Å². The molecule has 1 saturated heterocycles. The lowest BCUT2D eigenvalue weighted by atomic mass is 10.1. The van der Waals surface area contributed by atoms with E-state index in [-0.39, 0.29) is 17.3 Å². The van der Waals surface area contributed by atoms with Gasteiger partial charge in [0.25, 0.3) is 11.8 Å². The second kappa shape index (κ2) is 8.39. The van der Waals surface area contributed by atoms with Gasteiger partial charge in [0.15, 0.2) is 5.11 Å². The third-order valence-corrected chi connectivity index (χ3v) is 4.90. The van der Waals surface area contributed by atoms with E-state index in [1.165, 1.54) is 6.08 Å². The Morgan fingerprint density at radius 3 is 2.44 bits per heavy atom. The zero-order valence-corrected chi connectivity index (χ0v) is 17.4. The first-order valence-corrected chi connectivity index (χ1v) is 9.54. The molecule has 2 aromatic carbocycles. The highest BCUT2D eigenvalue weighted by atomic mass is 79.9. The summed E-state index contributed by atoms with van der Waals surface area (Å²) in [6.45, 7) is 0.191. The zero-order chi connectivity index (χ0) is 19.6. The molecule has 0 saturated carbocycles. The fourth-order valence-corrected chi connectivity index (χ4v) is 3.35. The number of carbonyl (C=O) groups excluding carboxylic acids is 2. The van der Waals surface area contributed by atoms with E-state index in [0.29, 0.717) is 21.4 Å². The van der Waals surface area contributed by atoms with E-state index in [0.717, 1.165) is 10.0 Å². The van der Waals surface area contributed by atoms with Crippen molar-refractivity contribution in [2.75, 3.05) is 0 Å². The molecule has 1 heterocycles. The molecular formula is C18H11BrCl2N2O3S. The van der Waals surface area contributed by atoms with E-state index in [1.54, 1.807) is 36.4 Å². The molecule has 2 N–H and O–H groups in total. The van der Waals surface area contributed by atoms with Gasteiger partial charge < -0.3 is 4.74 Å². The average Bonchev–Trinajstić information content (AvgIpc) is 2.58. The number of hydrogen-bond acceptors (Lipinski definition) is 4. The van der Waals surface area contributed by atoms with Gasteiger partial charge in [-0.15, -0.1) is 0 Å². The van der Waals surface area contributed by atoms with Crippen LogP contribution in [0.15, 0.2) is 46.4 Å². The van der Waals surface area contributed by atoms with Crippen LogP contribution in [0.5, 0.6) is 5.75 Å². The van der Waals surface area contributed by atoms with Gasteiger partial charge in [-0.05, 0) is 48.6 Å². The summed E-state index contributed by atoms with van der Waals surface area (Å²) in [6, 6.07) is 10.4. The number of halogens is 3. The molecule has 1 fully saturated rings. The maximum absolute atomic E-state index is 12.1. The first kappa shape index (κ1) is 19.8. The van der Waals surface area contributed by atoms with Crippen LogP contribution < -0.4 is 15.4 Å². The smallest absolute Gasteiger partial charge is 0.263 e. The number of ether oxygens (including phenoxy) is 1. The van der Waals surface area contributed by atoms with Crippen LogP contribution in [0, 0.1) is 0 Å². The molecule has 1 aliphatic heterocycles. The molecule has 2 amide bonds. The highest BCUT2D eigenvalue weighted by Crippen LogP contribution is 2.28. The van der Waals surface area contributed by atoms with Crippen LogP contribution in [0.1, 0.15) is 11.1 Å². The summed E-state index contributed by atoms with van der Waals surface area (Å²) in [5.74, 6) is -0.670. The number of benzene rings is 2. The van der Waals surface area contributed by atoms with Crippen molar-refractivity contribution in [1.82, 2.24) is 10.6 Å². The van der Waals surface area contributed by atoms with Crippen LogP contribution in [0.3, 0.4) is 0 Å². The molecule has 0 radical (unpaired) electrons. The number of carbonyl (C=O) groups is 2. The highest BCUT2D eigenvalue weighted by Gasteiger charge is 2.26. The summed E-state index contributed by atoms with van der Waals surface area (Å²) < 4.78 is 6.61. The summed E-state index contributed by atoms with van der Waals surface area (Å²) in [4.78, 5) is 24.1. The molecule has 0 atom stereocenters. The summed E-state index contributed by atoms with van der Waals surface area (Å²) in [5, 5.41) is 5.78. The predicted molar refractivity (Wildman–Crippen MR) is 112 cm³/mol. The van der Waals surface area contributed by atoms with Crippen LogP contribution in [-0.2, 0) is 16.2 Å². The van der Waals surface area contributed by atoms with Crippen molar-refractivity contribution < 1.29 is 14.3 Å². The second-order valence-corrected chi connectivity index (χ2v) is 7.67. The van der Waals surface area contributed by atoms with E-state index >= 15 is 0 Å². The van der Waals surface area contributed by atoms with E-state index in [9.17, 15) is 9.59 Å². The van der Waals surface area contributed by atoms with Crippen molar-refractivity contribution >= 4 is 74.4 Å². The predicted octanol–water partition coefficient (Wildman–Crippen LogP) is 4.25. The number of nitrogens with one attached hydrogen (secondary N) is 2. The molecule has 5 nitrogen and oxygen atoms in total. The van der Waals surface area contributed by atoms with Crippen LogP contribution >= 0.6 is 51.3 Å². The lowest BCUT2D eigenvalue weighted by Crippen LogP contribution is -2.51. The SMILES string of the molecule is O=C1NC(=S)NC(=O)C1=Cc1cc(Br)ccc1OCc1ccc(Cl)cc1Cl. The molecule has 0 aliphatic carbocycles. The standard InChI is InChI=1S/C18H11BrCl2N2O3S/c19-11-2-4-15(26-8-9-1-3-12(20)7-14(9)21)10(5-11)6-13-16(24)22-18(27)23-17(13)25/h1-7H,8H2,(H2,22,23,24,25,27). The van der Waals surface area contributed by atoms with Gasteiger partial charge in [-0.2, -0.15) is 0 Å². The quantitative estimate of drug-likeness (QED) is 0.386. The zero-order valence-electron chi connectivity index (χ0n) is 13.5. The Balaban J connectivity index is 1.89. The molecule has 3 rings (SSSR count). The average molecular weight is 486 g/mol. The number of hydrogen-bond donors (Lipinski definition) is 2. The Labute approximate surface area is 178 Å². The van der Waals surface area contributed by atoms with Gasteiger partial charge in [-0.25, -0.2) is 0 Å². The number of rotatable bonds is 4. The van der Waals surface area contributed by atoms with Crippen LogP contribution in [-0.4, -0.2) is 16.9 Å². The molecule has 0 unspecified atom stereocenters.